The molecule has 298 valence electrons. The van der Waals surface area contributed by atoms with Gasteiger partial charge in [0.05, 0.1) is 23.4 Å². The summed E-state index contributed by atoms with van der Waals surface area (Å²) in [6, 6.07) is 27.2. The molecular weight excluding hydrogens is 750 g/mol. The van der Waals surface area contributed by atoms with Crippen molar-refractivity contribution in [1.82, 2.24) is 20.0 Å². The number of benzene rings is 5. The van der Waals surface area contributed by atoms with E-state index in [0.29, 0.717) is 18.8 Å². The number of piperidine rings is 2. The van der Waals surface area contributed by atoms with Gasteiger partial charge in [0.2, 0.25) is 17.7 Å². The zero-order valence-corrected chi connectivity index (χ0v) is 32.4. The minimum atomic E-state index is -1.02. The van der Waals surface area contributed by atoms with Crippen LogP contribution in [0, 0.1) is 11.2 Å². The van der Waals surface area contributed by atoms with Crippen molar-refractivity contribution < 1.29 is 33.5 Å². The van der Waals surface area contributed by atoms with Crippen LogP contribution in [0.1, 0.15) is 63.9 Å². The fraction of sp³-hybridized carbons (Fsp3) is 0.298. The Morgan fingerprint density at radius 3 is 2.19 bits per heavy atom. The van der Waals surface area contributed by atoms with Crippen molar-refractivity contribution in [3.8, 4) is 28.0 Å². The summed E-state index contributed by atoms with van der Waals surface area (Å²) in [6.07, 6.45) is 2.91. The van der Waals surface area contributed by atoms with Gasteiger partial charge in [0.15, 0.2) is 0 Å². The van der Waals surface area contributed by atoms with Crippen LogP contribution in [-0.4, -0.2) is 88.1 Å². The van der Waals surface area contributed by atoms with Crippen LogP contribution in [0.3, 0.4) is 0 Å². The van der Waals surface area contributed by atoms with Gasteiger partial charge < -0.3 is 14.9 Å². The first-order valence-electron chi connectivity index (χ1n) is 20.3. The fourth-order valence-electron chi connectivity index (χ4n) is 9.98. The highest BCUT2D eigenvalue weighted by molar-refractivity contribution is 6.23. The van der Waals surface area contributed by atoms with Gasteiger partial charge in [0.25, 0.3) is 11.8 Å². The number of nitrogens with zero attached hydrogens (tertiary/aromatic N) is 4. The van der Waals surface area contributed by atoms with Gasteiger partial charge in [-0.05, 0) is 125 Å². The third kappa shape index (κ3) is 6.42. The molecule has 3 saturated heterocycles. The van der Waals surface area contributed by atoms with Crippen LogP contribution >= 0.6 is 0 Å². The predicted octanol–water partition coefficient (Wildman–Crippen LogP) is 6.25. The Morgan fingerprint density at radius 2 is 1.49 bits per heavy atom. The number of carbonyl (C=O) groups is 5. The second kappa shape index (κ2) is 14.2. The van der Waals surface area contributed by atoms with E-state index in [1.54, 1.807) is 35.2 Å². The summed E-state index contributed by atoms with van der Waals surface area (Å²) in [5, 5.41) is 14.2. The molecule has 0 radical (unpaired) electrons. The molecule has 5 aliphatic heterocycles. The summed E-state index contributed by atoms with van der Waals surface area (Å²) < 4.78 is 16.2. The van der Waals surface area contributed by atoms with E-state index in [1.807, 2.05) is 60.7 Å². The first kappa shape index (κ1) is 36.9. The molecule has 59 heavy (non-hydrogen) atoms. The van der Waals surface area contributed by atoms with Crippen LogP contribution < -0.4 is 10.2 Å². The number of likely N-dealkylation sites (tertiary alicyclic amines) is 1. The van der Waals surface area contributed by atoms with Crippen molar-refractivity contribution in [2.24, 2.45) is 5.41 Å². The van der Waals surface area contributed by atoms with Gasteiger partial charge in [-0.3, -0.25) is 39.1 Å². The summed E-state index contributed by atoms with van der Waals surface area (Å²) in [7, 11) is 0. The zero-order valence-electron chi connectivity index (χ0n) is 32.4. The summed E-state index contributed by atoms with van der Waals surface area (Å²) in [5.74, 6) is -2.28. The molecule has 2 N–H and O–H groups in total. The molecular formula is C47H42FN5O6. The first-order chi connectivity index (χ1) is 28.5. The van der Waals surface area contributed by atoms with Gasteiger partial charge >= 0.3 is 0 Å². The fourth-order valence-corrected chi connectivity index (χ4v) is 9.98. The molecule has 5 aromatic rings. The highest BCUT2D eigenvalue weighted by Crippen LogP contribution is 2.45. The molecule has 0 aromatic heterocycles. The second-order valence-electron chi connectivity index (χ2n) is 16.7. The van der Waals surface area contributed by atoms with Crippen LogP contribution in [0.2, 0.25) is 0 Å². The number of hydrogen-bond acceptors (Lipinski definition) is 8. The average Bonchev–Trinajstić information content (AvgIpc) is 3.92. The number of amides is 5. The summed E-state index contributed by atoms with van der Waals surface area (Å²) in [4.78, 5) is 71.4. The van der Waals surface area contributed by atoms with E-state index in [0.717, 1.165) is 94.5 Å². The van der Waals surface area contributed by atoms with Gasteiger partial charge in [-0.1, -0.05) is 54.6 Å². The lowest BCUT2D eigenvalue weighted by Gasteiger charge is -2.39. The van der Waals surface area contributed by atoms with E-state index in [9.17, 15) is 29.1 Å². The number of aromatic hydroxyl groups is 1. The molecule has 12 heteroatoms. The lowest BCUT2D eigenvalue weighted by Crippen LogP contribution is -2.54. The highest BCUT2D eigenvalue weighted by Gasteiger charge is 2.46. The van der Waals surface area contributed by atoms with E-state index in [1.165, 1.54) is 0 Å². The third-order valence-electron chi connectivity index (χ3n) is 13.2. The smallest absolute Gasteiger partial charge is 0.262 e. The molecule has 0 aliphatic carbocycles. The van der Waals surface area contributed by atoms with E-state index >= 15 is 4.39 Å². The zero-order chi connectivity index (χ0) is 40.6. The highest BCUT2D eigenvalue weighted by atomic mass is 19.1. The minimum Gasteiger partial charge on any atom is -0.508 e. The van der Waals surface area contributed by atoms with E-state index in [-0.39, 0.29) is 53.4 Å². The van der Waals surface area contributed by atoms with Crippen molar-refractivity contribution in [1.29, 1.82) is 0 Å². The Bertz CT molecular complexity index is 2580. The molecule has 3 fully saturated rings. The number of halogens is 1. The number of imide groups is 2. The quantitative estimate of drug-likeness (QED) is 0.193. The van der Waals surface area contributed by atoms with E-state index in [4.69, 9.17) is 0 Å². The molecule has 10 rings (SSSR count). The van der Waals surface area contributed by atoms with Gasteiger partial charge in [0.1, 0.15) is 17.6 Å². The maximum absolute atomic E-state index is 16.2. The topological polar surface area (TPSA) is 131 Å². The number of phenols is 1. The molecule has 0 bridgehead atoms. The monoisotopic (exact) mass is 791 g/mol. The SMILES string of the molecule is O=C1CCC(N2C(=O)c3cc4c(cc3C2=O)CN(C(=O)CN2CCC3(CC2)CCN(c2ccc(-c5c(-c6ccccc6)ccc6cc(O)ccc56)cc2F)C3)C4)C(=O)N1. The van der Waals surface area contributed by atoms with Crippen molar-refractivity contribution in [3.63, 3.8) is 0 Å². The Labute approximate surface area is 340 Å². The van der Waals surface area contributed by atoms with Gasteiger partial charge in [0, 0.05) is 32.6 Å². The average molecular weight is 792 g/mol. The Hall–Kier alpha value is -6.40. The Balaban J connectivity index is 0.777. The van der Waals surface area contributed by atoms with Crippen LogP contribution in [0.25, 0.3) is 33.0 Å². The van der Waals surface area contributed by atoms with Crippen molar-refractivity contribution in [2.75, 3.05) is 37.6 Å². The Kier molecular flexibility index (Phi) is 8.86. The van der Waals surface area contributed by atoms with Crippen LogP contribution in [-0.2, 0) is 27.5 Å². The minimum absolute atomic E-state index is 0.0197. The number of fused-ring (bicyclic) bond motifs is 3. The van der Waals surface area contributed by atoms with Gasteiger partial charge in [-0.2, -0.15) is 0 Å². The molecule has 0 saturated carbocycles. The molecule has 1 unspecified atom stereocenters. The number of carbonyl (C=O) groups excluding carboxylic acids is 5. The summed E-state index contributed by atoms with van der Waals surface area (Å²) >= 11 is 0. The lowest BCUT2D eigenvalue weighted by atomic mass is 9.78. The molecule has 5 heterocycles. The van der Waals surface area contributed by atoms with Crippen molar-refractivity contribution in [3.05, 3.63) is 119 Å². The third-order valence-corrected chi connectivity index (χ3v) is 13.2. The number of hydrogen-bond donors (Lipinski definition) is 2. The molecule has 5 aliphatic rings. The lowest BCUT2D eigenvalue weighted by molar-refractivity contribution is -0.136. The normalized spacial score (nSPS) is 20.2. The number of rotatable bonds is 6. The standard InChI is InChI=1S/C47H42FN5O6/c48-38-23-30(43-34(28-4-2-1-3-5-28)9-6-29-20-33(54)8-10-35(29)43)7-11-39(38)51-19-16-47(27-51)14-17-50(18-15-47)26-42(56)52-24-31-21-36-37(22-32(31)25-52)46(59)53(45(36)58)40-12-13-41(55)49-44(40)57/h1-11,20-23,40,54H,12-19,24-27H2,(H,49,55,57). The summed E-state index contributed by atoms with van der Waals surface area (Å²) in [5.41, 5.74) is 6.40. The number of nitrogens with one attached hydrogen (secondary N) is 1. The second-order valence-corrected chi connectivity index (χ2v) is 16.7. The maximum atomic E-state index is 16.2. The molecule has 1 spiro atoms. The molecule has 5 amide bonds. The van der Waals surface area contributed by atoms with Gasteiger partial charge in [-0.25, -0.2) is 4.39 Å². The molecule has 1 atom stereocenters. The molecule has 11 nitrogen and oxygen atoms in total. The van der Waals surface area contributed by atoms with Crippen LogP contribution in [0.15, 0.2) is 91.0 Å². The molecule has 5 aromatic carbocycles. The maximum Gasteiger partial charge on any atom is 0.262 e. The van der Waals surface area contributed by atoms with Gasteiger partial charge in [-0.15, -0.1) is 0 Å². The first-order valence-corrected chi connectivity index (χ1v) is 20.3. The van der Waals surface area contributed by atoms with Crippen LogP contribution in [0.5, 0.6) is 5.75 Å². The number of phenolic OH excluding ortho intramolecular Hbond substituents is 1. The largest absolute Gasteiger partial charge is 0.508 e. The van der Waals surface area contributed by atoms with Crippen molar-refractivity contribution in [2.45, 2.75) is 51.2 Å². The summed E-state index contributed by atoms with van der Waals surface area (Å²) in [6.45, 7) is 3.95. The predicted molar refractivity (Wildman–Crippen MR) is 219 cm³/mol. The number of anilines is 1. The van der Waals surface area contributed by atoms with E-state index in [2.05, 4.69) is 15.1 Å². The van der Waals surface area contributed by atoms with Crippen molar-refractivity contribution >= 4 is 46.0 Å². The van der Waals surface area contributed by atoms with Crippen LogP contribution in [0.4, 0.5) is 10.1 Å². The van der Waals surface area contributed by atoms with E-state index < -0.39 is 29.7 Å². The Morgan fingerprint density at radius 1 is 0.780 bits per heavy atom.